The summed E-state index contributed by atoms with van der Waals surface area (Å²) in [5, 5.41) is 0. The van der Waals surface area contributed by atoms with E-state index < -0.39 is 0 Å². The summed E-state index contributed by atoms with van der Waals surface area (Å²) < 4.78 is 5.63. The molecule has 1 heteroatoms. The molecule has 0 aromatic carbocycles. The summed E-state index contributed by atoms with van der Waals surface area (Å²) in [7, 11) is 0. The van der Waals surface area contributed by atoms with Gasteiger partial charge in [0.05, 0.1) is 12.2 Å². The van der Waals surface area contributed by atoms with Crippen molar-refractivity contribution in [2.24, 2.45) is 5.92 Å². The van der Waals surface area contributed by atoms with Crippen molar-refractivity contribution < 1.29 is 4.74 Å². The van der Waals surface area contributed by atoms with Crippen molar-refractivity contribution in [2.45, 2.75) is 128 Å². The lowest BCUT2D eigenvalue weighted by atomic mass is 9.85. The van der Waals surface area contributed by atoms with Crippen LogP contribution < -0.4 is 0 Å². The third-order valence-corrected chi connectivity index (χ3v) is 5.83. The van der Waals surface area contributed by atoms with Crippen LogP contribution in [-0.2, 0) is 4.74 Å². The Bertz CT molecular complexity index is 263. The van der Waals surface area contributed by atoms with Gasteiger partial charge in [0.2, 0.25) is 0 Å². The smallest absolute Gasteiger partial charge is 0.0844 e. The van der Waals surface area contributed by atoms with Crippen LogP contribution in [0.15, 0.2) is 0 Å². The molecule has 0 aromatic heterocycles. The standard InChI is InChI=1S/C21H40O/c1-2-3-4-5-6-7-8-9-10-11-12-13-14-15-19-16-17-20-21(18-19)22-20/h19-21H,2-18H2,1H3. The SMILES string of the molecule is CCCCCCCCCCCCCCCC1CCC2OC2C1. The molecule has 1 saturated carbocycles. The van der Waals surface area contributed by atoms with Gasteiger partial charge in [0.1, 0.15) is 0 Å². The average molecular weight is 309 g/mol. The molecule has 22 heavy (non-hydrogen) atoms. The fraction of sp³-hybridized carbons (Fsp3) is 1.00. The number of epoxide rings is 1. The molecule has 0 bridgehead atoms. The van der Waals surface area contributed by atoms with E-state index in [0.717, 1.165) is 5.92 Å². The first-order chi connectivity index (χ1) is 10.9. The first-order valence-corrected chi connectivity index (χ1v) is 10.6. The van der Waals surface area contributed by atoms with Crippen LogP contribution in [0.25, 0.3) is 0 Å². The fourth-order valence-electron chi connectivity index (χ4n) is 4.20. The van der Waals surface area contributed by atoms with Crippen molar-refractivity contribution in [3.63, 3.8) is 0 Å². The van der Waals surface area contributed by atoms with E-state index in [0.29, 0.717) is 12.2 Å². The highest BCUT2D eigenvalue weighted by Crippen LogP contribution is 2.41. The second-order valence-corrected chi connectivity index (χ2v) is 7.92. The van der Waals surface area contributed by atoms with Gasteiger partial charge in [0, 0.05) is 0 Å². The highest BCUT2D eigenvalue weighted by Gasteiger charge is 2.43. The summed E-state index contributed by atoms with van der Waals surface area (Å²) in [6, 6.07) is 0. The van der Waals surface area contributed by atoms with Gasteiger partial charge in [-0.05, 0) is 25.2 Å². The quantitative estimate of drug-likeness (QED) is 0.248. The highest BCUT2D eigenvalue weighted by atomic mass is 16.6. The maximum atomic E-state index is 5.63. The van der Waals surface area contributed by atoms with E-state index in [1.165, 1.54) is 109 Å². The van der Waals surface area contributed by atoms with Crippen LogP contribution in [0.2, 0.25) is 0 Å². The predicted molar refractivity (Wildman–Crippen MR) is 96.3 cm³/mol. The molecule has 1 aliphatic heterocycles. The minimum absolute atomic E-state index is 0.681. The first-order valence-electron chi connectivity index (χ1n) is 10.6. The Kier molecular flexibility index (Phi) is 9.56. The molecule has 1 heterocycles. The molecule has 0 N–H and O–H groups in total. The Labute approximate surface area is 139 Å². The lowest BCUT2D eigenvalue weighted by Gasteiger charge is -2.18. The third-order valence-electron chi connectivity index (χ3n) is 5.83. The molecule has 1 saturated heterocycles. The van der Waals surface area contributed by atoms with Crippen molar-refractivity contribution in [3.8, 4) is 0 Å². The normalized spacial score (nSPS) is 26.9. The Morgan fingerprint density at radius 2 is 1.18 bits per heavy atom. The lowest BCUT2D eigenvalue weighted by Crippen LogP contribution is -2.13. The van der Waals surface area contributed by atoms with Crippen LogP contribution in [0, 0.1) is 5.92 Å². The van der Waals surface area contributed by atoms with Gasteiger partial charge in [-0.15, -0.1) is 0 Å². The molecule has 3 unspecified atom stereocenters. The fourth-order valence-corrected chi connectivity index (χ4v) is 4.20. The van der Waals surface area contributed by atoms with Crippen LogP contribution in [0.5, 0.6) is 0 Å². The van der Waals surface area contributed by atoms with E-state index in [-0.39, 0.29) is 0 Å². The van der Waals surface area contributed by atoms with Crippen LogP contribution >= 0.6 is 0 Å². The molecule has 0 radical (unpaired) electrons. The minimum atomic E-state index is 0.681. The monoisotopic (exact) mass is 308 g/mol. The lowest BCUT2D eigenvalue weighted by molar-refractivity contribution is 0.343. The van der Waals surface area contributed by atoms with Gasteiger partial charge in [0.25, 0.3) is 0 Å². The Morgan fingerprint density at radius 3 is 1.73 bits per heavy atom. The third kappa shape index (κ3) is 7.99. The van der Waals surface area contributed by atoms with Gasteiger partial charge in [-0.1, -0.05) is 96.8 Å². The molecule has 0 aromatic rings. The zero-order chi connectivity index (χ0) is 15.5. The van der Waals surface area contributed by atoms with E-state index in [1.807, 2.05) is 0 Å². The maximum Gasteiger partial charge on any atom is 0.0844 e. The van der Waals surface area contributed by atoms with Crippen LogP contribution in [-0.4, -0.2) is 12.2 Å². The molecule has 130 valence electrons. The molecule has 1 aliphatic carbocycles. The molecule has 2 rings (SSSR count). The predicted octanol–water partition coefficient (Wildman–Crippen LogP) is 7.04. The summed E-state index contributed by atoms with van der Waals surface area (Å²) in [4.78, 5) is 0. The van der Waals surface area contributed by atoms with E-state index in [4.69, 9.17) is 4.74 Å². The molecule has 0 spiro atoms. The van der Waals surface area contributed by atoms with Crippen LogP contribution in [0.1, 0.15) is 116 Å². The maximum absolute atomic E-state index is 5.63. The van der Waals surface area contributed by atoms with Crippen molar-refractivity contribution in [2.75, 3.05) is 0 Å². The second-order valence-electron chi connectivity index (χ2n) is 7.92. The van der Waals surface area contributed by atoms with Crippen molar-refractivity contribution in [3.05, 3.63) is 0 Å². The average Bonchev–Trinajstić information content (AvgIpc) is 3.30. The summed E-state index contributed by atoms with van der Waals surface area (Å²) in [5.74, 6) is 0.997. The van der Waals surface area contributed by atoms with Gasteiger partial charge >= 0.3 is 0 Å². The number of unbranched alkanes of at least 4 members (excludes halogenated alkanes) is 12. The van der Waals surface area contributed by atoms with Crippen molar-refractivity contribution in [1.29, 1.82) is 0 Å². The topological polar surface area (TPSA) is 12.5 Å². The number of ether oxygens (including phenoxy) is 1. The summed E-state index contributed by atoms with van der Waals surface area (Å²) in [6.45, 7) is 2.30. The van der Waals surface area contributed by atoms with E-state index in [2.05, 4.69) is 6.92 Å². The number of rotatable bonds is 14. The van der Waals surface area contributed by atoms with Crippen molar-refractivity contribution >= 4 is 0 Å². The molecular formula is C21H40O. The van der Waals surface area contributed by atoms with E-state index in [1.54, 1.807) is 0 Å². The Morgan fingerprint density at radius 1 is 0.636 bits per heavy atom. The van der Waals surface area contributed by atoms with Gasteiger partial charge in [-0.2, -0.15) is 0 Å². The second kappa shape index (κ2) is 11.5. The van der Waals surface area contributed by atoms with Gasteiger partial charge in [-0.3, -0.25) is 0 Å². The molecule has 3 atom stereocenters. The minimum Gasteiger partial charge on any atom is -0.370 e. The highest BCUT2D eigenvalue weighted by molar-refractivity contribution is 4.91. The zero-order valence-corrected chi connectivity index (χ0v) is 15.2. The largest absolute Gasteiger partial charge is 0.370 e. The summed E-state index contributed by atoms with van der Waals surface area (Å²) in [6.07, 6.45) is 26.1. The molecule has 0 amide bonds. The summed E-state index contributed by atoms with van der Waals surface area (Å²) in [5.41, 5.74) is 0. The molecule has 1 nitrogen and oxygen atoms in total. The zero-order valence-electron chi connectivity index (χ0n) is 15.2. The van der Waals surface area contributed by atoms with E-state index >= 15 is 0 Å². The van der Waals surface area contributed by atoms with Gasteiger partial charge in [-0.25, -0.2) is 0 Å². The first kappa shape index (κ1) is 18.3. The van der Waals surface area contributed by atoms with Gasteiger partial charge in [0.15, 0.2) is 0 Å². The molecular weight excluding hydrogens is 268 g/mol. The van der Waals surface area contributed by atoms with Gasteiger partial charge < -0.3 is 4.74 Å². The van der Waals surface area contributed by atoms with E-state index in [9.17, 15) is 0 Å². The Hall–Kier alpha value is -0.0400. The Balaban J connectivity index is 1.25. The molecule has 2 fully saturated rings. The van der Waals surface area contributed by atoms with Crippen LogP contribution in [0.3, 0.4) is 0 Å². The number of hydrogen-bond donors (Lipinski definition) is 0. The van der Waals surface area contributed by atoms with Crippen LogP contribution in [0.4, 0.5) is 0 Å². The molecule has 2 aliphatic rings. The summed E-state index contributed by atoms with van der Waals surface area (Å²) >= 11 is 0. The van der Waals surface area contributed by atoms with Crippen molar-refractivity contribution in [1.82, 2.24) is 0 Å². The number of fused-ring (bicyclic) bond motifs is 1. The number of hydrogen-bond acceptors (Lipinski definition) is 1.